The quantitative estimate of drug-likeness (QED) is 0.255. The maximum Gasteiger partial charge on any atom is 0.120 e. The van der Waals surface area contributed by atoms with Crippen LogP contribution in [0.2, 0.25) is 0 Å². The molecule has 1 saturated heterocycles. The highest BCUT2D eigenvalue weighted by Gasteiger charge is 2.20. The van der Waals surface area contributed by atoms with Crippen LogP contribution in [0.1, 0.15) is 41.5 Å². The van der Waals surface area contributed by atoms with Crippen molar-refractivity contribution in [3.8, 4) is 5.75 Å². The maximum absolute atomic E-state index is 6.19. The molecule has 5 rings (SSSR count). The summed E-state index contributed by atoms with van der Waals surface area (Å²) in [6.07, 6.45) is 11.6. The molecule has 0 unspecified atom stereocenters. The number of aromatic nitrogens is 1. The number of nitrogens with zero attached hydrogens (tertiary/aromatic N) is 4. The highest BCUT2D eigenvalue weighted by atomic mass is 16.5. The number of rotatable bonds is 13. The molecule has 1 fully saturated rings. The topological polar surface area (TPSA) is 41.1 Å². The Kier molecular flexibility index (Phi) is 10.2. The van der Waals surface area contributed by atoms with Crippen molar-refractivity contribution in [3.05, 3.63) is 95.3 Å². The van der Waals surface area contributed by atoms with E-state index in [1.807, 2.05) is 24.5 Å². The van der Waals surface area contributed by atoms with Crippen molar-refractivity contribution in [1.29, 1.82) is 0 Å². The molecule has 0 radical (unpaired) electrons. The van der Waals surface area contributed by atoms with Crippen LogP contribution in [0.15, 0.2) is 73.1 Å². The third-order valence-electron chi connectivity index (χ3n) is 8.13. The first kappa shape index (κ1) is 28.3. The van der Waals surface area contributed by atoms with E-state index in [2.05, 4.69) is 88.3 Å². The molecule has 40 heavy (non-hydrogen) atoms. The van der Waals surface area contributed by atoms with Gasteiger partial charge in [0.15, 0.2) is 0 Å². The van der Waals surface area contributed by atoms with Crippen molar-refractivity contribution in [1.82, 2.24) is 14.8 Å². The number of aryl methyl sites for hydroxylation is 1. The first-order valence-corrected chi connectivity index (χ1v) is 14.8. The van der Waals surface area contributed by atoms with Gasteiger partial charge < -0.3 is 19.3 Å². The average molecular weight is 541 g/mol. The predicted octanol–water partition coefficient (Wildman–Crippen LogP) is 5.81. The summed E-state index contributed by atoms with van der Waals surface area (Å²) in [5, 5.41) is 0. The molecule has 2 aromatic carbocycles. The summed E-state index contributed by atoms with van der Waals surface area (Å²) in [6, 6.07) is 19.3. The molecular formula is C34H44N4O2. The van der Waals surface area contributed by atoms with Crippen molar-refractivity contribution >= 4 is 11.8 Å². The van der Waals surface area contributed by atoms with Gasteiger partial charge in [-0.2, -0.15) is 0 Å². The maximum atomic E-state index is 6.19. The lowest BCUT2D eigenvalue weighted by Crippen LogP contribution is -2.41. The van der Waals surface area contributed by atoms with E-state index >= 15 is 0 Å². The van der Waals surface area contributed by atoms with Crippen LogP contribution >= 0.6 is 0 Å². The zero-order valence-corrected chi connectivity index (χ0v) is 24.2. The van der Waals surface area contributed by atoms with Gasteiger partial charge in [-0.1, -0.05) is 36.4 Å². The van der Waals surface area contributed by atoms with Gasteiger partial charge in [-0.3, -0.25) is 9.88 Å². The molecule has 6 nitrogen and oxygen atoms in total. The SMILES string of the molecule is Cc1ccccc1CN(CCCOc1ccc2c(c1)C=CCN2C)CCN1CCC(OCc2ccncc2)CC1. The van der Waals surface area contributed by atoms with Gasteiger partial charge >= 0.3 is 0 Å². The van der Waals surface area contributed by atoms with E-state index in [0.717, 1.165) is 77.4 Å². The van der Waals surface area contributed by atoms with Crippen molar-refractivity contribution < 1.29 is 9.47 Å². The summed E-state index contributed by atoms with van der Waals surface area (Å²) in [5.41, 5.74) is 6.48. The van der Waals surface area contributed by atoms with E-state index in [9.17, 15) is 0 Å². The molecule has 6 heteroatoms. The Morgan fingerprint density at radius 2 is 1.82 bits per heavy atom. The molecule has 0 spiro atoms. The number of pyridine rings is 1. The molecular weight excluding hydrogens is 496 g/mol. The van der Waals surface area contributed by atoms with Gasteiger partial charge in [-0.25, -0.2) is 0 Å². The second-order valence-corrected chi connectivity index (χ2v) is 11.1. The fourth-order valence-electron chi connectivity index (χ4n) is 5.59. The van der Waals surface area contributed by atoms with Crippen LogP contribution in [0.5, 0.6) is 5.75 Å². The van der Waals surface area contributed by atoms with Gasteiger partial charge in [0.1, 0.15) is 5.75 Å². The zero-order chi connectivity index (χ0) is 27.6. The molecule has 1 aromatic heterocycles. The van der Waals surface area contributed by atoms with Crippen molar-refractivity contribution in [2.24, 2.45) is 0 Å². The molecule has 0 N–H and O–H groups in total. The number of anilines is 1. The summed E-state index contributed by atoms with van der Waals surface area (Å²) in [6.45, 7) is 10.9. The number of likely N-dealkylation sites (N-methyl/N-ethyl adjacent to an activating group) is 1. The monoisotopic (exact) mass is 540 g/mol. The van der Waals surface area contributed by atoms with Gasteiger partial charge in [0.2, 0.25) is 0 Å². The second-order valence-electron chi connectivity index (χ2n) is 11.1. The van der Waals surface area contributed by atoms with Crippen LogP contribution in [0.4, 0.5) is 5.69 Å². The highest BCUT2D eigenvalue weighted by molar-refractivity contribution is 5.72. The van der Waals surface area contributed by atoms with Crippen LogP contribution in [0.25, 0.3) is 6.08 Å². The van der Waals surface area contributed by atoms with Crippen LogP contribution in [-0.4, -0.2) is 73.8 Å². The lowest BCUT2D eigenvalue weighted by Gasteiger charge is -2.33. The highest BCUT2D eigenvalue weighted by Crippen LogP contribution is 2.28. The molecule has 0 aliphatic carbocycles. The first-order chi connectivity index (χ1) is 19.6. The molecule has 2 aliphatic rings. The smallest absolute Gasteiger partial charge is 0.120 e. The number of ether oxygens (including phenoxy) is 2. The van der Waals surface area contributed by atoms with Gasteiger partial charge in [0, 0.05) is 76.5 Å². The Morgan fingerprint density at radius 1 is 1.00 bits per heavy atom. The summed E-state index contributed by atoms with van der Waals surface area (Å²) >= 11 is 0. The molecule has 2 aliphatic heterocycles. The fourth-order valence-corrected chi connectivity index (χ4v) is 5.59. The van der Waals surface area contributed by atoms with E-state index in [1.54, 1.807) is 0 Å². The zero-order valence-electron chi connectivity index (χ0n) is 24.2. The fraction of sp³-hybridized carbons (Fsp3) is 0.441. The summed E-state index contributed by atoms with van der Waals surface area (Å²) in [7, 11) is 2.13. The number of benzene rings is 2. The minimum Gasteiger partial charge on any atom is -0.494 e. The Morgan fingerprint density at radius 3 is 2.65 bits per heavy atom. The van der Waals surface area contributed by atoms with E-state index < -0.39 is 0 Å². The second kappa shape index (κ2) is 14.4. The predicted molar refractivity (Wildman–Crippen MR) is 164 cm³/mol. The molecule has 0 bridgehead atoms. The van der Waals surface area contributed by atoms with E-state index in [1.165, 1.54) is 27.9 Å². The third kappa shape index (κ3) is 8.17. The number of hydrogen-bond donors (Lipinski definition) is 0. The number of piperidine rings is 1. The Bertz CT molecular complexity index is 1220. The summed E-state index contributed by atoms with van der Waals surface area (Å²) in [5.74, 6) is 0.957. The summed E-state index contributed by atoms with van der Waals surface area (Å²) < 4.78 is 12.4. The van der Waals surface area contributed by atoms with Crippen LogP contribution in [0, 0.1) is 6.92 Å². The van der Waals surface area contributed by atoms with Crippen molar-refractivity contribution in [2.45, 2.75) is 45.4 Å². The molecule has 0 amide bonds. The largest absolute Gasteiger partial charge is 0.494 e. The van der Waals surface area contributed by atoms with Gasteiger partial charge in [0.25, 0.3) is 0 Å². The van der Waals surface area contributed by atoms with Gasteiger partial charge in [0.05, 0.1) is 19.3 Å². The molecule has 0 saturated carbocycles. The Hall–Kier alpha value is -3.19. The first-order valence-electron chi connectivity index (χ1n) is 14.8. The van der Waals surface area contributed by atoms with Crippen LogP contribution < -0.4 is 9.64 Å². The standard InChI is InChI=1S/C34H44N4O2/c1-28-7-3-4-8-31(28)26-38(19-6-24-39-33-10-11-34-30(25-33)9-5-18-36(34)2)23-22-37-20-14-32(15-21-37)40-27-29-12-16-35-17-13-29/h3-5,7-13,16-17,25,32H,6,14-15,18-24,26-27H2,1-2H3. The van der Waals surface area contributed by atoms with Crippen molar-refractivity contribution in [3.63, 3.8) is 0 Å². The third-order valence-corrected chi connectivity index (χ3v) is 8.13. The Labute approximate surface area is 240 Å². The van der Waals surface area contributed by atoms with Crippen molar-refractivity contribution in [2.75, 3.05) is 57.8 Å². The Balaban J connectivity index is 1.08. The average Bonchev–Trinajstić information content (AvgIpc) is 2.99. The van der Waals surface area contributed by atoms with E-state index in [-0.39, 0.29) is 0 Å². The molecule has 0 atom stereocenters. The van der Waals surface area contributed by atoms with Gasteiger partial charge in [-0.05, 0) is 73.2 Å². The molecule has 3 aromatic rings. The van der Waals surface area contributed by atoms with E-state index in [4.69, 9.17) is 9.47 Å². The minimum atomic E-state index is 0.351. The number of likely N-dealkylation sites (tertiary alicyclic amines) is 1. The van der Waals surface area contributed by atoms with Gasteiger partial charge in [-0.15, -0.1) is 0 Å². The van der Waals surface area contributed by atoms with E-state index in [0.29, 0.717) is 12.7 Å². The molecule has 3 heterocycles. The lowest BCUT2D eigenvalue weighted by molar-refractivity contribution is -0.00400. The number of fused-ring (bicyclic) bond motifs is 1. The van der Waals surface area contributed by atoms with Crippen LogP contribution in [-0.2, 0) is 17.9 Å². The minimum absolute atomic E-state index is 0.351. The lowest BCUT2D eigenvalue weighted by atomic mass is 10.1. The summed E-state index contributed by atoms with van der Waals surface area (Å²) in [4.78, 5) is 11.6. The number of hydrogen-bond acceptors (Lipinski definition) is 6. The normalized spacial score (nSPS) is 15.9. The molecule has 212 valence electrons. The van der Waals surface area contributed by atoms with Crippen LogP contribution in [0.3, 0.4) is 0 Å².